The maximum atomic E-state index is 5.98. The molecule has 2 aliphatic heterocycles. The zero-order valence-electron chi connectivity index (χ0n) is 16.3. The Balaban J connectivity index is 1.44. The van der Waals surface area contributed by atoms with Gasteiger partial charge in [-0.2, -0.15) is 0 Å². The molecule has 4 aliphatic rings. The van der Waals surface area contributed by atoms with Gasteiger partial charge in [0.1, 0.15) is 0 Å². The topological polar surface area (TPSA) is 36.9 Å². The van der Waals surface area contributed by atoms with E-state index in [1.165, 1.54) is 43.4 Å². The van der Waals surface area contributed by atoms with Crippen LogP contribution in [0.25, 0.3) is 0 Å². The maximum absolute atomic E-state index is 5.98. The molecule has 2 aliphatic carbocycles. The van der Waals surface area contributed by atoms with E-state index in [1.54, 1.807) is 0 Å². The van der Waals surface area contributed by atoms with Crippen LogP contribution in [0, 0.1) is 11.3 Å². The Labute approximate surface area is 157 Å². The van der Waals surface area contributed by atoms with Crippen LogP contribution in [0.1, 0.15) is 51.5 Å². The molecule has 3 atom stereocenters. The number of hydrogen-bond donors (Lipinski definition) is 1. The molecule has 140 valence electrons. The number of nitrogens with one attached hydrogen (secondary N) is 1. The van der Waals surface area contributed by atoms with Gasteiger partial charge < -0.3 is 15.0 Å². The fourth-order valence-electron chi connectivity index (χ4n) is 6.32. The van der Waals surface area contributed by atoms with Crippen molar-refractivity contribution in [2.75, 3.05) is 25.1 Å². The molecule has 2 heterocycles. The summed E-state index contributed by atoms with van der Waals surface area (Å²) < 4.78 is 5.98. The number of para-hydroxylation sites is 1. The molecule has 0 radical (unpaired) electrons. The lowest BCUT2D eigenvalue weighted by atomic mass is 9.57. The van der Waals surface area contributed by atoms with E-state index in [0.717, 1.165) is 19.1 Å². The number of fused-ring (bicyclic) bond motifs is 3. The molecule has 0 bridgehead atoms. The zero-order valence-corrected chi connectivity index (χ0v) is 16.3. The third-order valence-corrected chi connectivity index (χ3v) is 7.64. The Hall–Kier alpha value is -1.55. The smallest absolute Gasteiger partial charge is 0.198 e. The second-order valence-electron chi connectivity index (χ2n) is 9.33. The molecule has 0 aromatic heterocycles. The summed E-state index contributed by atoms with van der Waals surface area (Å²) in [5.74, 6) is 1.67. The number of nitrogens with zero attached hydrogens (tertiary/aromatic N) is 2. The molecule has 1 spiro atoms. The Morgan fingerprint density at radius 3 is 2.77 bits per heavy atom. The molecular weight excluding hydrogens is 322 g/mol. The van der Waals surface area contributed by atoms with E-state index in [0.29, 0.717) is 23.5 Å². The van der Waals surface area contributed by atoms with E-state index >= 15 is 0 Å². The van der Waals surface area contributed by atoms with E-state index in [1.807, 2.05) is 7.05 Å². The van der Waals surface area contributed by atoms with Crippen LogP contribution in [0.2, 0.25) is 0 Å². The predicted octanol–water partition coefficient (Wildman–Crippen LogP) is 3.71. The Morgan fingerprint density at radius 2 is 2.00 bits per heavy atom. The Morgan fingerprint density at radius 1 is 1.23 bits per heavy atom. The van der Waals surface area contributed by atoms with E-state index in [9.17, 15) is 0 Å². The third-order valence-electron chi connectivity index (χ3n) is 7.64. The molecule has 4 heteroatoms. The van der Waals surface area contributed by atoms with E-state index in [4.69, 9.17) is 9.73 Å². The molecule has 1 N–H and O–H groups in total. The van der Waals surface area contributed by atoms with Gasteiger partial charge in [0.25, 0.3) is 0 Å². The molecule has 0 amide bonds. The average molecular weight is 354 g/mol. The van der Waals surface area contributed by atoms with Gasteiger partial charge in [-0.05, 0) is 30.9 Å². The highest BCUT2D eigenvalue weighted by Gasteiger charge is 2.60. The molecule has 1 aromatic rings. The predicted molar refractivity (Wildman–Crippen MR) is 106 cm³/mol. The van der Waals surface area contributed by atoms with Crippen LogP contribution in [0.4, 0.5) is 5.69 Å². The number of benzene rings is 1. The third kappa shape index (κ3) is 2.14. The lowest BCUT2D eigenvalue weighted by molar-refractivity contribution is -0.106. The van der Waals surface area contributed by atoms with Gasteiger partial charge in [-0.25, -0.2) is 0 Å². The standard InChI is InChI=1S/C22H31N3O/c1-21(2)18(15-10-13-26-19(15)21)24-20(23-3)25-14-22(11-6-7-12-22)16-8-4-5-9-17(16)25/h4-5,8-9,15,18-19H,6-7,10-14H2,1-3H3,(H,23,24). The Kier molecular flexibility index (Phi) is 3.66. The highest BCUT2D eigenvalue weighted by Crippen LogP contribution is 2.53. The first-order valence-corrected chi connectivity index (χ1v) is 10.3. The monoisotopic (exact) mass is 353 g/mol. The zero-order chi connectivity index (χ0) is 17.9. The van der Waals surface area contributed by atoms with E-state index in [2.05, 4.69) is 48.3 Å². The molecule has 26 heavy (non-hydrogen) atoms. The van der Waals surface area contributed by atoms with E-state index < -0.39 is 0 Å². The van der Waals surface area contributed by atoms with Crippen LogP contribution in [0.3, 0.4) is 0 Å². The number of hydrogen-bond acceptors (Lipinski definition) is 2. The first kappa shape index (κ1) is 16.6. The number of guanidine groups is 1. The van der Waals surface area contributed by atoms with Gasteiger partial charge in [-0.15, -0.1) is 0 Å². The second-order valence-corrected chi connectivity index (χ2v) is 9.33. The van der Waals surface area contributed by atoms with Crippen LogP contribution in [0.5, 0.6) is 0 Å². The quantitative estimate of drug-likeness (QED) is 0.618. The molecule has 2 saturated carbocycles. The summed E-state index contributed by atoms with van der Waals surface area (Å²) in [5.41, 5.74) is 3.40. The number of rotatable bonds is 1. The summed E-state index contributed by atoms with van der Waals surface area (Å²) in [4.78, 5) is 7.17. The summed E-state index contributed by atoms with van der Waals surface area (Å²) in [6.45, 7) is 6.65. The SMILES string of the molecule is CN=C(NC1C2CCOC2C1(C)C)N1CC2(CCCC2)c2ccccc21. The molecular formula is C22H31N3O. The molecule has 3 unspecified atom stereocenters. The van der Waals surface area contributed by atoms with Gasteiger partial charge in [0.2, 0.25) is 0 Å². The molecule has 4 nitrogen and oxygen atoms in total. The van der Waals surface area contributed by atoms with E-state index in [-0.39, 0.29) is 5.41 Å². The average Bonchev–Trinajstić information content (AvgIpc) is 3.36. The van der Waals surface area contributed by atoms with Crippen molar-refractivity contribution in [3.8, 4) is 0 Å². The van der Waals surface area contributed by atoms with Gasteiger partial charge in [0.05, 0.1) is 6.10 Å². The van der Waals surface area contributed by atoms with Crippen LogP contribution in [-0.4, -0.2) is 38.3 Å². The molecule has 5 rings (SSSR count). The highest BCUT2D eigenvalue weighted by atomic mass is 16.5. The maximum Gasteiger partial charge on any atom is 0.198 e. The summed E-state index contributed by atoms with van der Waals surface area (Å²) in [7, 11) is 1.93. The van der Waals surface area contributed by atoms with Gasteiger partial charge in [0, 0.05) is 48.7 Å². The lowest BCUT2D eigenvalue weighted by Crippen LogP contribution is -2.68. The van der Waals surface area contributed by atoms with Crippen LogP contribution in [-0.2, 0) is 10.2 Å². The summed E-state index contributed by atoms with van der Waals surface area (Å²) in [6.07, 6.45) is 6.90. The first-order valence-electron chi connectivity index (χ1n) is 10.3. The van der Waals surface area contributed by atoms with Gasteiger partial charge in [0.15, 0.2) is 5.96 Å². The highest BCUT2D eigenvalue weighted by molar-refractivity contribution is 5.99. The first-order chi connectivity index (χ1) is 12.6. The van der Waals surface area contributed by atoms with Crippen molar-refractivity contribution < 1.29 is 4.74 Å². The van der Waals surface area contributed by atoms with Crippen LogP contribution < -0.4 is 10.2 Å². The number of anilines is 1. The lowest BCUT2D eigenvalue weighted by Gasteiger charge is -2.55. The minimum Gasteiger partial charge on any atom is -0.377 e. The van der Waals surface area contributed by atoms with Gasteiger partial charge in [-0.3, -0.25) is 4.99 Å². The molecule has 1 aromatic carbocycles. The van der Waals surface area contributed by atoms with Crippen molar-refractivity contribution in [3.05, 3.63) is 29.8 Å². The molecule has 3 fully saturated rings. The summed E-state index contributed by atoms with van der Waals surface area (Å²) in [5, 5.41) is 3.85. The van der Waals surface area contributed by atoms with Gasteiger partial charge in [-0.1, -0.05) is 44.9 Å². The summed E-state index contributed by atoms with van der Waals surface area (Å²) >= 11 is 0. The largest absolute Gasteiger partial charge is 0.377 e. The van der Waals surface area contributed by atoms with Crippen LogP contribution in [0.15, 0.2) is 29.3 Å². The minimum atomic E-state index is 0.168. The second kappa shape index (κ2) is 5.72. The fraction of sp³-hybridized carbons (Fsp3) is 0.682. The minimum absolute atomic E-state index is 0.168. The normalized spacial score (nSPS) is 33.9. The number of aliphatic imine (C=N–C) groups is 1. The van der Waals surface area contributed by atoms with Crippen molar-refractivity contribution in [1.82, 2.24) is 5.32 Å². The van der Waals surface area contributed by atoms with Crippen molar-refractivity contribution in [2.45, 2.75) is 63.5 Å². The van der Waals surface area contributed by atoms with Gasteiger partial charge >= 0.3 is 0 Å². The molecule has 1 saturated heterocycles. The Bertz CT molecular complexity index is 735. The summed E-state index contributed by atoms with van der Waals surface area (Å²) in [6, 6.07) is 9.45. The van der Waals surface area contributed by atoms with Crippen LogP contribution >= 0.6 is 0 Å². The van der Waals surface area contributed by atoms with Crippen molar-refractivity contribution >= 4 is 11.6 Å². The fourth-order valence-corrected chi connectivity index (χ4v) is 6.32. The van der Waals surface area contributed by atoms with Crippen molar-refractivity contribution in [2.24, 2.45) is 16.3 Å². The van der Waals surface area contributed by atoms with Crippen molar-refractivity contribution in [1.29, 1.82) is 0 Å². The van der Waals surface area contributed by atoms with Crippen molar-refractivity contribution in [3.63, 3.8) is 0 Å². The number of ether oxygens (including phenoxy) is 1.